The van der Waals surface area contributed by atoms with Crippen LogP contribution in [0.4, 0.5) is 5.13 Å². The van der Waals surface area contributed by atoms with Crippen molar-refractivity contribution in [3.63, 3.8) is 0 Å². The van der Waals surface area contributed by atoms with Crippen LogP contribution < -0.4 is 10.6 Å². The number of thiazole rings is 1. The Morgan fingerprint density at radius 2 is 2.17 bits per heavy atom. The summed E-state index contributed by atoms with van der Waals surface area (Å²) in [4.78, 5) is 28.1. The molecule has 8 heteroatoms. The van der Waals surface area contributed by atoms with E-state index in [0.29, 0.717) is 18.0 Å². The van der Waals surface area contributed by atoms with Gasteiger partial charge in [-0.1, -0.05) is 6.42 Å². The fourth-order valence-electron chi connectivity index (χ4n) is 3.08. The summed E-state index contributed by atoms with van der Waals surface area (Å²) >= 11 is 1.36. The average molecular weight is 353 g/mol. The Morgan fingerprint density at radius 1 is 1.33 bits per heavy atom. The first-order valence-corrected chi connectivity index (χ1v) is 9.29. The maximum absolute atomic E-state index is 12.1. The zero-order valence-electron chi connectivity index (χ0n) is 13.4. The van der Waals surface area contributed by atoms with E-state index in [0.717, 1.165) is 19.3 Å². The number of hydrogen-bond donors (Lipinski definition) is 3. The van der Waals surface area contributed by atoms with Crippen molar-refractivity contribution >= 4 is 28.3 Å². The van der Waals surface area contributed by atoms with E-state index in [1.165, 1.54) is 11.3 Å². The summed E-state index contributed by atoms with van der Waals surface area (Å²) in [7, 11) is 0. The van der Waals surface area contributed by atoms with Crippen LogP contribution in [0.3, 0.4) is 0 Å². The van der Waals surface area contributed by atoms with Crippen LogP contribution in [-0.4, -0.2) is 46.8 Å². The highest BCUT2D eigenvalue weighted by Gasteiger charge is 2.35. The van der Waals surface area contributed by atoms with Crippen molar-refractivity contribution in [2.75, 3.05) is 11.9 Å². The highest BCUT2D eigenvalue weighted by Crippen LogP contribution is 2.28. The molecule has 1 aromatic heterocycles. The molecule has 7 nitrogen and oxygen atoms in total. The number of amides is 2. The van der Waals surface area contributed by atoms with Crippen molar-refractivity contribution in [3.8, 4) is 0 Å². The highest BCUT2D eigenvalue weighted by molar-refractivity contribution is 7.13. The number of nitrogens with one attached hydrogen (secondary N) is 2. The summed E-state index contributed by atoms with van der Waals surface area (Å²) in [6.45, 7) is -0.166. The second kappa shape index (κ2) is 8.04. The van der Waals surface area contributed by atoms with Gasteiger partial charge in [0.25, 0.3) is 0 Å². The summed E-state index contributed by atoms with van der Waals surface area (Å²) in [5.74, 6) is 0.0306. The Kier molecular flexibility index (Phi) is 5.80. The van der Waals surface area contributed by atoms with Gasteiger partial charge in [0.15, 0.2) is 5.13 Å². The molecule has 3 N–H and O–H groups in total. The van der Waals surface area contributed by atoms with E-state index in [1.54, 1.807) is 11.6 Å². The first kappa shape index (κ1) is 17.3. The van der Waals surface area contributed by atoms with Gasteiger partial charge in [-0.3, -0.25) is 9.59 Å². The Balaban J connectivity index is 1.46. The SMILES string of the molecule is O=C(C[C@H]1CC[C@@H](NC(=O)C2CCC2)[C@@H](CO)O1)Nc1nccs1. The summed E-state index contributed by atoms with van der Waals surface area (Å²) in [6.07, 6.45) is 5.54. The van der Waals surface area contributed by atoms with Gasteiger partial charge in [0.2, 0.25) is 11.8 Å². The van der Waals surface area contributed by atoms with Gasteiger partial charge in [-0.05, 0) is 25.7 Å². The van der Waals surface area contributed by atoms with Gasteiger partial charge in [0.1, 0.15) is 6.10 Å². The third-order valence-electron chi connectivity index (χ3n) is 4.69. The minimum absolute atomic E-state index is 0.0632. The first-order valence-electron chi connectivity index (χ1n) is 8.41. The molecule has 0 spiro atoms. The normalized spacial score (nSPS) is 27.3. The topological polar surface area (TPSA) is 101 Å². The van der Waals surface area contributed by atoms with Gasteiger partial charge in [-0.25, -0.2) is 4.98 Å². The lowest BCUT2D eigenvalue weighted by molar-refractivity contribution is -0.137. The van der Waals surface area contributed by atoms with E-state index in [4.69, 9.17) is 4.74 Å². The number of hydrogen-bond acceptors (Lipinski definition) is 6. The highest BCUT2D eigenvalue weighted by atomic mass is 32.1. The van der Waals surface area contributed by atoms with Gasteiger partial charge in [-0.2, -0.15) is 0 Å². The predicted octanol–water partition coefficient (Wildman–Crippen LogP) is 1.30. The standard InChI is InChI=1S/C16H23N3O4S/c20-9-13-12(18-15(22)10-2-1-3-10)5-4-11(23-13)8-14(21)19-16-17-6-7-24-16/h6-7,10-13,20H,1-5,8-9H2,(H,18,22)(H,17,19,21)/t11-,12-,13-/m1/s1. The average Bonchev–Trinajstić information content (AvgIpc) is 2.99. The number of aliphatic hydroxyl groups is 1. The molecule has 132 valence electrons. The van der Waals surface area contributed by atoms with Gasteiger partial charge >= 0.3 is 0 Å². The molecule has 1 saturated carbocycles. The number of aromatic nitrogens is 1. The lowest BCUT2D eigenvalue weighted by Crippen LogP contribution is -2.53. The van der Waals surface area contributed by atoms with E-state index in [9.17, 15) is 14.7 Å². The zero-order valence-corrected chi connectivity index (χ0v) is 14.3. The number of carbonyl (C=O) groups is 2. The minimum atomic E-state index is -0.458. The van der Waals surface area contributed by atoms with E-state index in [-0.39, 0.29) is 42.9 Å². The molecule has 0 unspecified atom stereocenters. The third kappa shape index (κ3) is 4.31. The van der Waals surface area contributed by atoms with Crippen LogP contribution in [0.1, 0.15) is 38.5 Å². The molecule has 2 amide bonds. The van der Waals surface area contributed by atoms with Crippen molar-refractivity contribution in [3.05, 3.63) is 11.6 Å². The lowest BCUT2D eigenvalue weighted by atomic mass is 9.84. The number of carbonyl (C=O) groups excluding carboxylic acids is 2. The van der Waals surface area contributed by atoms with Crippen LogP contribution in [0, 0.1) is 5.92 Å². The third-order valence-corrected chi connectivity index (χ3v) is 5.38. The minimum Gasteiger partial charge on any atom is -0.394 e. The molecule has 24 heavy (non-hydrogen) atoms. The molecule has 1 aliphatic carbocycles. The molecule has 0 radical (unpaired) electrons. The summed E-state index contributed by atoms with van der Waals surface area (Å²) in [5, 5.41) is 17.7. The number of anilines is 1. The van der Waals surface area contributed by atoms with E-state index in [2.05, 4.69) is 15.6 Å². The van der Waals surface area contributed by atoms with Crippen molar-refractivity contribution in [1.82, 2.24) is 10.3 Å². The number of aliphatic hydroxyl groups excluding tert-OH is 1. The van der Waals surface area contributed by atoms with Gasteiger partial charge < -0.3 is 20.5 Å². The summed E-state index contributed by atoms with van der Waals surface area (Å²) < 4.78 is 5.83. The molecular weight excluding hydrogens is 330 g/mol. The maximum atomic E-state index is 12.1. The van der Waals surface area contributed by atoms with Crippen LogP contribution >= 0.6 is 11.3 Å². The Labute approximate surface area is 144 Å². The smallest absolute Gasteiger partial charge is 0.228 e. The van der Waals surface area contributed by atoms with E-state index < -0.39 is 6.10 Å². The van der Waals surface area contributed by atoms with Crippen LogP contribution in [0.15, 0.2) is 11.6 Å². The molecule has 2 fully saturated rings. The fraction of sp³-hybridized carbons (Fsp3) is 0.688. The molecule has 0 aromatic carbocycles. The molecular formula is C16H23N3O4S. The van der Waals surface area contributed by atoms with Gasteiger partial charge in [-0.15, -0.1) is 11.3 Å². The van der Waals surface area contributed by atoms with E-state index >= 15 is 0 Å². The van der Waals surface area contributed by atoms with Gasteiger partial charge in [0, 0.05) is 17.5 Å². The lowest BCUT2D eigenvalue weighted by Gasteiger charge is -2.37. The Bertz CT molecular complexity index is 562. The predicted molar refractivity (Wildman–Crippen MR) is 89.6 cm³/mol. The van der Waals surface area contributed by atoms with Gasteiger partial charge in [0.05, 0.1) is 25.2 Å². The van der Waals surface area contributed by atoms with Crippen molar-refractivity contribution in [2.24, 2.45) is 5.92 Å². The molecule has 3 rings (SSSR count). The number of ether oxygens (including phenoxy) is 1. The maximum Gasteiger partial charge on any atom is 0.228 e. The second-order valence-corrected chi connectivity index (χ2v) is 7.28. The molecule has 2 heterocycles. The summed E-state index contributed by atoms with van der Waals surface area (Å²) in [5.41, 5.74) is 0. The largest absolute Gasteiger partial charge is 0.394 e. The van der Waals surface area contributed by atoms with Crippen LogP contribution in [0.5, 0.6) is 0 Å². The molecule has 0 bridgehead atoms. The van der Waals surface area contributed by atoms with Crippen LogP contribution in [0.25, 0.3) is 0 Å². The Hall–Kier alpha value is -1.51. The zero-order chi connectivity index (χ0) is 16.9. The molecule has 1 aromatic rings. The van der Waals surface area contributed by atoms with Crippen molar-refractivity contribution in [1.29, 1.82) is 0 Å². The second-order valence-electron chi connectivity index (χ2n) is 6.39. The fourth-order valence-corrected chi connectivity index (χ4v) is 3.63. The molecule has 1 saturated heterocycles. The monoisotopic (exact) mass is 353 g/mol. The summed E-state index contributed by atoms with van der Waals surface area (Å²) in [6, 6.07) is -0.179. The molecule has 3 atom stereocenters. The van der Waals surface area contributed by atoms with Crippen LogP contribution in [0.2, 0.25) is 0 Å². The first-order chi connectivity index (χ1) is 11.7. The van der Waals surface area contributed by atoms with Crippen molar-refractivity contribution in [2.45, 2.75) is 56.8 Å². The molecule has 2 aliphatic rings. The van der Waals surface area contributed by atoms with E-state index in [1.807, 2.05) is 0 Å². The quantitative estimate of drug-likeness (QED) is 0.716. The number of nitrogens with zero attached hydrogens (tertiary/aromatic N) is 1. The number of rotatable bonds is 6. The molecule has 1 aliphatic heterocycles. The Morgan fingerprint density at radius 3 is 2.79 bits per heavy atom. The van der Waals surface area contributed by atoms with Crippen LogP contribution in [-0.2, 0) is 14.3 Å². The van der Waals surface area contributed by atoms with Crippen molar-refractivity contribution < 1.29 is 19.4 Å².